The molecule has 0 N–H and O–H groups in total. The molecule has 0 unspecified atom stereocenters. The van der Waals surface area contributed by atoms with Gasteiger partial charge < -0.3 is 9.15 Å². The lowest BCUT2D eigenvalue weighted by atomic mass is 10.1. The number of aryl methyl sites for hydroxylation is 1. The topological polar surface area (TPSA) is 48.2 Å². The third kappa shape index (κ3) is 3.28. The highest BCUT2D eigenvalue weighted by Gasteiger charge is 2.10. The predicted molar refractivity (Wildman–Crippen MR) is 84.9 cm³/mol. The summed E-state index contributed by atoms with van der Waals surface area (Å²) in [5, 5.41) is 8.67. The predicted octanol–water partition coefficient (Wildman–Crippen LogP) is 4.53. The van der Waals surface area contributed by atoms with E-state index in [-0.39, 0.29) is 6.61 Å². The van der Waals surface area contributed by atoms with E-state index in [9.17, 15) is 0 Å². The second-order valence-corrected chi connectivity index (χ2v) is 5.20. The molecular formula is C17H15ClN2O2. The van der Waals surface area contributed by atoms with Crippen molar-refractivity contribution in [2.45, 2.75) is 20.0 Å². The molecule has 2 aromatic carbocycles. The molecule has 0 saturated heterocycles. The molecule has 0 aliphatic rings. The Kier molecular flexibility index (Phi) is 4.39. The Hall–Kier alpha value is -2.33. The summed E-state index contributed by atoms with van der Waals surface area (Å²) in [4.78, 5) is 0. The van der Waals surface area contributed by atoms with Crippen molar-refractivity contribution < 1.29 is 9.15 Å². The fraction of sp³-hybridized carbons (Fsp3) is 0.176. The van der Waals surface area contributed by atoms with Crippen molar-refractivity contribution in [3.8, 4) is 17.2 Å². The van der Waals surface area contributed by atoms with Gasteiger partial charge in [0.2, 0.25) is 5.89 Å². The average molecular weight is 315 g/mol. The van der Waals surface area contributed by atoms with E-state index in [1.165, 1.54) is 0 Å². The van der Waals surface area contributed by atoms with Crippen LogP contribution in [-0.2, 0) is 13.0 Å². The molecule has 0 saturated carbocycles. The van der Waals surface area contributed by atoms with Crippen LogP contribution in [0.4, 0.5) is 0 Å². The van der Waals surface area contributed by atoms with Gasteiger partial charge in [-0.1, -0.05) is 42.8 Å². The van der Waals surface area contributed by atoms with Gasteiger partial charge in [0.25, 0.3) is 5.89 Å². The van der Waals surface area contributed by atoms with E-state index in [0.29, 0.717) is 16.8 Å². The highest BCUT2D eigenvalue weighted by molar-refractivity contribution is 6.30. The summed E-state index contributed by atoms with van der Waals surface area (Å²) in [5.41, 5.74) is 1.94. The normalized spacial score (nSPS) is 10.6. The maximum absolute atomic E-state index is 5.96. The van der Waals surface area contributed by atoms with Crippen molar-refractivity contribution in [1.82, 2.24) is 10.2 Å². The van der Waals surface area contributed by atoms with Gasteiger partial charge in [-0.3, -0.25) is 0 Å². The zero-order valence-electron chi connectivity index (χ0n) is 12.1. The molecule has 112 valence electrons. The summed E-state index contributed by atoms with van der Waals surface area (Å²) in [6.45, 7) is 2.33. The van der Waals surface area contributed by atoms with Crippen LogP contribution in [-0.4, -0.2) is 10.2 Å². The quantitative estimate of drug-likeness (QED) is 0.694. The van der Waals surface area contributed by atoms with Crippen molar-refractivity contribution in [3.63, 3.8) is 0 Å². The van der Waals surface area contributed by atoms with Crippen LogP contribution < -0.4 is 4.74 Å². The van der Waals surface area contributed by atoms with Crippen molar-refractivity contribution >= 4 is 11.6 Å². The van der Waals surface area contributed by atoms with Gasteiger partial charge in [-0.15, -0.1) is 10.2 Å². The average Bonchev–Trinajstić information content (AvgIpc) is 3.02. The Labute approximate surface area is 133 Å². The number of rotatable bonds is 5. The highest BCUT2D eigenvalue weighted by Crippen LogP contribution is 2.23. The molecule has 1 heterocycles. The molecule has 5 heteroatoms. The number of benzene rings is 2. The second kappa shape index (κ2) is 6.62. The van der Waals surface area contributed by atoms with E-state index in [1.807, 2.05) is 36.4 Å². The first-order valence-corrected chi connectivity index (χ1v) is 7.43. The summed E-state index contributed by atoms with van der Waals surface area (Å²) in [7, 11) is 0. The van der Waals surface area contributed by atoms with Gasteiger partial charge in [0, 0.05) is 10.6 Å². The number of halogens is 1. The molecule has 0 radical (unpaired) electrons. The van der Waals surface area contributed by atoms with Crippen LogP contribution >= 0.6 is 11.6 Å². The molecule has 0 spiro atoms. The van der Waals surface area contributed by atoms with Crippen LogP contribution in [0.15, 0.2) is 52.9 Å². The van der Waals surface area contributed by atoms with E-state index in [2.05, 4.69) is 17.1 Å². The van der Waals surface area contributed by atoms with Gasteiger partial charge in [-0.05, 0) is 36.2 Å². The smallest absolute Gasteiger partial charge is 0.254 e. The van der Waals surface area contributed by atoms with Crippen LogP contribution in [0.25, 0.3) is 11.5 Å². The number of ether oxygens (including phenoxy) is 1. The Bertz CT molecular complexity index is 771. The molecule has 3 rings (SSSR count). The number of nitrogens with zero attached hydrogens (tertiary/aromatic N) is 2. The van der Waals surface area contributed by atoms with Crippen LogP contribution in [0.1, 0.15) is 18.4 Å². The summed E-state index contributed by atoms with van der Waals surface area (Å²) in [6.07, 6.45) is 0.910. The van der Waals surface area contributed by atoms with Crippen molar-refractivity contribution in [1.29, 1.82) is 0 Å². The van der Waals surface area contributed by atoms with Crippen molar-refractivity contribution in [2.24, 2.45) is 0 Å². The highest BCUT2D eigenvalue weighted by atomic mass is 35.5. The summed E-state index contributed by atoms with van der Waals surface area (Å²) < 4.78 is 11.4. The second-order valence-electron chi connectivity index (χ2n) is 4.76. The first kappa shape index (κ1) is 14.6. The molecule has 0 bridgehead atoms. The first-order chi connectivity index (χ1) is 10.8. The maximum atomic E-state index is 5.96. The van der Waals surface area contributed by atoms with E-state index in [0.717, 1.165) is 23.3 Å². The Balaban J connectivity index is 1.72. The molecule has 0 aliphatic carbocycles. The summed E-state index contributed by atoms with van der Waals surface area (Å²) in [5.74, 6) is 1.71. The van der Waals surface area contributed by atoms with Crippen LogP contribution in [0.5, 0.6) is 5.75 Å². The Morgan fingerprint density at radius 3 is 2.77 bits per heavy atom. The third-order valence-electron chi connectivity index (χ3n) is 3.24. The van der Waals surface area contributed by atoms with E-state index >= 15 is 0 Å². The van der Waals surface area contributed by atoms with Crippen LogP contribution in [0.3, 0.4) is 0 Å². The summed E-state index contributed by atoms with van der Waals surface area (Å²) >= 11 is 5.96. The number of aromatic nitrogens is 2. The minimum absolute atomic E-state index is 0.241. The monoisotopic (exact) mass is 314 g/mol. The van der Waals surface area contributed by atoms with Crippen LogP contribution in [0.2, 0.25) is 5.02 Å². The SMILES string of the molecule is CCc1ccccc1OCc1nnc(-c2cccc(Cl)c2)o1. The third-order valence-corrected chi connectivity index (χ3v) is 3.48. The van der Waals surface area contributed by atoms with Gasteiger partial charge >= 0.3 is 0 Å². The molecule has 4 nitrogen and oxygen atoms in total. The minimum Gasteiger partial charge on any atom is -0.484 e. The molecule has 3 aromatic rings. The van der Waals surface area contributed by atoms with Gasteiger partial charge in [0.05, 0.1) is 0 Å². The van der Waals surface area contributed by atoms with Crippen molar-refractivity contribution in [3.05, 3.63) is 65.0 Å². The zero-order valence-corrected chi connectivity index (χ0v) is 12.9. The molecule has 0 fully saturated rings. The lowest BCUT2D eigenvalue weighted by Gasteiger charge is -2.07. The molecule has 1 aromatic heterocycles. The fourth-order valence-electron chi connectivity index (χ4n) is 2.13. The van der Waals surface area contributed by atoms with E-state index in [4.69, 9.17) is 20.8 Å². The maximum Gasteiger partial charge on any atom is 0.254 e. The van der Waals surface area contributed by atoms with Gasteiger partial charge in [0.15, 0.2) is 6.61 Å². The van der Waals surface area contributed by atoms with E-state index in [1.54, 1.807) is 12.1 Å². The molecule has 0 atom stereocenters. The number of hydrogen-bond acceptors (Lipinski definition) is 4. The molecule has 0 aliphatic heterocycles. The lowest BCUT2D eigenvalue weighted by molar-refractivity contribution is 0.262. The fourth-order valence-corrected chi connectivity index (χ4v) is 2.32. The van der Waals surface area contributed by atoms with Gasteiger partial charge in [0.1, 0.15) is 5.75 Å². The minimum atomic E-state index is 0.241. The molecular weight excluding hydrogens is 300 g/mol. The number of hydrogen-bond donors (Lipinski definition) is 0. The zero-order chi connectivity index (χ0) is 15.4. The Morgan fingerprint density at radius 1 is 1.09 bits per heavy atom. The molecule has 22 heavy (non-hydrogen) atoms. The van der Waals surface area contributed by atoms with Crippen LogP contribution in [0, 0.1) is 0 Å². The van der Waals surface area contributed by atoms with E-state index < -0.39 is 0 Å². The summed E-state index contributed by atoms with van der Waals surface area (Å²) in [6, 6.07) is 15.2. The largest absolute Gasteiger partial charge is 0.484 e. The van der Waals surface area contributed by atoms with Gasteiger partial charge in [-0.2, -0.15) is 0 Å². The van der Waals surface area contributed by atoms with Crippen molar-refractivity contribution in [2.75, 3.05) is 0 Å². The molecule has 0 amide bonds. The first-order valence-electron chi connectivity index (χ1n) is 7.05. The Morgan fingerprint density at radius 2 is 1.95 bits per heavy atom. The standard InChI is InChI=1S/C17H15ClN2O2/c1-2-12-6-3-4-9-15(12)21-11-16-19-20-17(22-16)13-7-5-8-14(18)10-13/h3-10H,2,11H2,1H3. The lowest BCUT2D eigenvalue weighted by Crippen LogP contribution is -1.98. The van der Waals surface area contributed by atoms with Gasteiger partial charge in [-0.25, -0.2) is 0 Å². The number of para-hydroxylation sites is 1.